The molecule has 0 fully saturated rings. The van der Waals surface area contributed by atoms with Gasteiger partial charge in [0.2, 0.25) is 5.91 Å². The molecule has 0 aromatic heterocycles. The van der Waals surface area contributed by atoms with Crippen LogP contribution in [0.2, 0.25) is 0 Å². The third kappa shape index (κ3) is 4.47. The third-order valence-electron chi connectivity index (χ3n) is 5.89. The van der Waals surface area contributed by atoms with E-state index in [0.29, 0.717) is 18.5 Å². The first-order valence-corrected chi connectivity index (χ1v) is 10.8. The molecule has 4 rings (SSSR count). The van der Waals surface area contributed by atoms with Gasteiger partial charge in [-0.2, -0.15) is 0 Å². The molecule has 5 nitrogen and oxygen atoms in total. The Hall–Kier alpha value is -3.18. The number of hydrogen-bond donors (Lipinski definition) is 1. The lowest BCUT2D eigenvalue weighted by molar-refractivity contribution is -0.120. The summed E-state index contributed by atoms with van der Waals surface area (Å²) in [6.45, 7) is 3.51. The summed E-state index contributed by atoms with van der Waals surface area (Å²) in [5.74, 6) is -0.253. The van der Waals surface area contributed by atoms with Crippen molar-refractivity contribution in [1.82, 2.24) is 10.2 Å². The van der Waals surface area contributed by atoms with E-state index in [1.165, 1.54) is 0 Å². The molecule has 1 aliphatic rings. The van der Waals surface area contributed by atoms with Gasteiger partial charge in [-0.3, -0.25) is 9.59 Å². The van der Waals surface area contributed by atoms with Crippen LogP contribution in [0.4, 0.5) is 5.69 Å². The zero-order valence-corrected chi connectivity index (χ0v) is 18.4. The van der Waals surface area contributed by atoms with Gasteiger partial charge < -0.3 is 15.1 Å². The summed E-state index contributed by atoms with van der Waals surface area (Å²) in [5.41, 5.74) is 3.75. The van der Waals surface area contributed by atoms with Gasteiger partial charge in [0.05, 0.1) is 0 Å². The maximum Gasteiger partial charge on any atom is 0.251 e. The van der Waals surface area contributed by atoms with Gasteiger partial charge in [0.1, 0.15) is 6.04 Å². The highest BCUT2D eigenvalue weighted by Crippen LogP contribution is 2.34. The van der Waals surface area contributed by atoms with Crippen LogP contribution >= 0.6 is 0 Å². The number of carbonyl (C=O) groups excluding carboxylic acids is 2. The SMILES string of the molecule is Cc1ccc(C(=O)NC2Cc3c(ccc4ccccc34)N(CCCN(C)C)C2=O)cc1. The molecule has 0 saturated carbocycles. The molecule has 160 valence electrons. The Labute approximate surface area is 183 Å². The lowest BCUT2D eigenvalue weighted by Crippen LogP contribution is -2.53. The predicted octanol–water partition coefficient (Wildman–Crippen LogP) is 3.79. The number of rotatable bonds is 6. The second-order valence-corrected chi connectivity index (χ2v) is 8.53. The van der Waals surface area contributed by atoms with E-state index in [1.807, 2.05) is 56.3 Å². The van der Waals surface area contributed by atoms with Crippen molar-refractivity contribution < 1.29 is 9.59 Å². The van der Waals surface area contributed by atoms with Crippen LogP contribution in [-0.4, -0.2) is 49.9 Å². The molecule has 1 N–H and O–H groups in total. The normalized spacial score (nSPS) is 15.9. The zero-order chi connectivity index (χ0) is 22.0. The van der Waals surface area contributed by atoms with Gasteiger partial charge in [-0.15, -0.1) is 0 Å². The lowest BCUT2D eigenvalue weighted by atomic mass is 9.91. The minimum Gasteiger partial charge on any atom is -0.340 e. The van der Waals surface area contributed by atoms with Gasteiger partial charge in [0.25, 0.3) is 5.91 Å². The zero-order valence-electron chi connectivity index (χ0n) is 18.4. The fourth-order valence-electron chi connectivity index (χ4n) is 4.23. The number of nitrogens with zero attached hydrogens (tertiary/aromatic N) is 2. The van der Waals surface area contributed by atoms with Crippen molar-refractivity contribution >= 4 is 28.3 Å². The molecule has 2 amide bonds. The van der Waals surface area contributed by atoms with Crippen molar-refractivity contribution in [2.45, 2.75) is 25.8 Å². The Morgan fingerprint density at radius 2 is 1.81 bits per heavy atom. The Kier molecular flexibility index (Phi) is 6.05. The summed E-state index contributed by atoms with van der Waals surface area (Å²) in [6.07, 6.45) is 1.36. The standard InChI is InChI=1S/C26H29N3O2/c1-18-9-11-20(12-10-18)25(30)27-23-17-22-21-8-5-4-7-19(21)13-14-24(22)29(26(23)31)16-6-15-28(2)3/h4-5,7-14,23H,6,15-17H2,1-3H3,(H,27,30). The third-order valence-corrected chi connectivity index (χ3v) is 5.89. The summed E-state index contributed by atoms with van der Waals surface area (Å²) in [6, 6.07) is 19.2. The van der Waals surface area contributed by atoms with Crippen molar-refractivity contribution in [2.75, 3.05) is 32.1 Å². The molecule has 0 aliphatic carbocycles. The van der Waals surface area contributed by atoms with Crippen LogP contribution in [0.3, 0.4) is 0 Å². The van der Waals surface area contributed by atoms with Gasteiger partial charge >= 0.3 is 0 Å². The maximum absolute atomic E-state index is 13.4. The number of aryl methyl sites for hydroxylation is 1. The van der Waals surface area contributed by atoms with Crippen molar-refractivity contribution in [3.8, 4) is 0 Å². The van der Waals surface area contributed by atoms with Crippen LogP contribution in [0.1, 0.15) is 27.9 Å². The second kappa shape index (κ2) is 8.90. The average molecular weight is 416 g/mol. The number of amides is 2. The van der Waals surface area contributed by atoms with Crippen molar-refractivity contribution in [3.63, 3.8) is 0 Å². The van der Waals surface area contributed by atoms with E-state index in [4.69, 9.17) is 0 Å². The fourth-order valence-corrected chi connectivity index (χ4v) is 4.23. The molecule has 0 radical (unpaired) electrons. The number of hydrogen-bond acceptors (Lipinski definition) is 3. The molecule has 3 aromatic rings. The van der Waals surface area contributed by atoms with Crippen molar-refractivity contribution in [3.05, 3.63) is 77.4 Å². The molecular weight excluding hydrogens is 386 g/mol. The second-order valence-electron chi connectivity index (χ2n) is 8.53. The Morgan fingerprint density at radius 1 is 1.06 bits per heavy atom. The largest absolute Gasteiger partial charge is 0.340 e. The van der Waals surface area contributed by atoms with Gasteiger partial charge in [0.15, 0.2) is 0 Å². The molecule has 5 heteroatoms. The van der Waals surface area contributed by atoms with Crippen LogP contribution in [-0.2, 0) is 11.2 Å². The first-order chi connectivity index (χ1) is 14.9. The summed E-state index contributed by atoms with van der Waals surface area (Å²) < 4.78 is 0. The minimum absolute atomic E-state index is 0.0398. The van der Waals surface area contributed by atoms with Gasteiger partial charge in [-0.25, -0.2) is 0 Å². The monoisotopic (exact) mass is 415 g/mol. The topological polar surface area (TPSA) is 52.7 Å². The quantitative estimate of drug-likeness (QED) is 0.667. The number of benzene rings is 3. The van der Waals surface area contributed by atoms with Crippen LogP contribution in [0.25, 0.3) is 10.8 Å². The van der Waals surface area contributed by atoms with Crippen LogP contribution in [0.5, 0.6) is 0 Å². The highest BCUT2D eigenvalue weighted by atomic mass is 16.2. The van der Waals surface area contributed by atoms with E-state index in [1.54, 1.807) is 12.1 Å². The van der Waals surface area contributed by atoms with E-state index >= 15 is 0 Å². The number of fused-ring (bicyclic) bond motifs is 3. The Morgan fingerprint density at radius 3 is 2.55 bits per heavy atom. The first kappa shape index (κ1) is 21.1. The molecule has 1 unspecified atom stereocenters. The molecule has 0 saturated heterocycles. The molecule has 0 bridgehead atoms. The average Bonchev–Trinajstić information content (AvgIpc) is 2.76. The van der Waals surface area contributed by atoms with Crippen LogP contribution in [0.15, 0.2) is 60.7 Å². The van der Waals surface area contributed by atoms with E-state index in [-0.39, 0.29) is 11.8 Å². The Balaban J connectivity index is 1.66. The van der Waals surface area contributed by atoms with E-state index < -0.39 is 6.04 Å². The molecule has 3 aromatic carbocycles. The summed E-state index contributed by atoms with van der Waals surface area (Å²) in [5, 5.41) is 5.28. The maximum atomic E-state index is 13.4. The number of anilines is 1. The van der Waals surface area contributed by atoms with Crippen LogP contribution < -0.4 is 10.2 Å². The molecule has 1 atom stereocenters. The summed E-state index contributed by atoms with van der Waals surface area (Å²) in [4.78, 5) is 30.3. The van der Waals surface area contributed by atoms with E-state index in [2.05, 4.69) is 28.4 Å². The van der Waals surface area contributed by atoms with Crippen molar-refractivity contribution in [2.24, 2.45) is 0 Å². The molecule has 1 aliphatic heterocycles. The first-order valence-electron chi connectivity index (χ1n) is 10.8. The van der Waals surface area contributed by atoms with E-state index in [0.717, 1.165) is 40.6 Å². The highest BCUT2D eigenvalue weighted by molar-refractivity contribution is 6.07. The molecule has 31 heavy (non-hydrogen) atoms. The van der Waals surface area contributed by atoms with Crippen molar-refractivity contribution in [1.29, 1.82) is 0 Å². The Bertz CT molecular complexity index is 1110. The number of carbonyl (C=O) groups is 2. The van der Waals surface area contributed by atoms with Crippen LogP contribution in [0, 0.1) is 6.92 Å². The molecular formula is C26H29N3O2. The predicted molar refractivity (Wildman–Crippen MR) is 126 cm³/mol. The molecule has 0 spiro atoms. The number of nitrogens with one attached hydrogen (secondary N) is 1. The molecule has 1 heterocycles. The minimum atomic E-state index is -0.577. The van der Waals surface area contributed by atoms with Gasteiger partial charge in [-0.05, 0) is 68.5 Å². The summed E-state index contributed by atoms with van der Waals surface area (Å²) >= 11 is 0. The summed E-state index contributed by atoms with van der Waals surface area (Å²) in [7, 11) is 4.06. The van der Waals surface area contributed by atoms with Gasteiger partial charge in [0, 0.05) is 24.2 Å². The highest BCUT2D eigenvalue weighted by Gasteiger charge is 2.34. The fraction of sp³-hybridized carbons (Fsp3) is 0.308. The van der Waals surface area contributed by atoms with Gasteiger partial charge in [-0.1, -0.05) is 48.0 Å². The smallest absolute Gasteiger partial charge is 0.251 e. The lowest BCUT2D eigenvalue weighted by Gasteiger charge is -2.35. The van der Waals surface area contributed by atoms with E-state index in [9.17, 15) is 9.59 Å².